The van der Waals surface area contributed by atoms with Crippen molar-refractivity contribution in [1.29, 1.82) is 0 Å². The van der Waals surface area contributed by atoms with Gasteiger partial charge in [-0.15, -0.1) is 0 Å². The van der Waals surface area contributed by atoms with Crippen molar-refractivity contribution in [2.45, 2.75) is 13.0 Å². The third-order valence-electron chi connectivity index (χ3n) is 2.44. The summed E-state index contributed by atoms with van der Waals surface area (Å²) in [6.45, 7) is 1.42. The molecule has 0 aliphatic carbocycles. The minimum atomic E-state index is -0.850. The van der Waals surface area contributed by atoms with Gasteiger partial charge in [-0.25, -0.2) is 0 Å². The molecule has 1 amide bonds. The Morgan fingerprint density at radius 3 is 2.58 bits per heavy atom. The molecule has 0 aliphatic rings. The SMILES string of the molecule is NC(=O)COCCNCc1ccccc1CC(=O)O. The molecule has 6 heteroatoms. The number of rotatable bonds is 9. The maximum atomic E-state index is 10.7. The molecule has 1 aromatic rings. The van der Waals surface area contributed by atoms with Crippen molar-refractivity contribution in [3.05, 3.63) is 35.4 Å². The van der Waals surface area contributed by atoms with E-state index in [0.717, 1.165) is 11.1 Å². The van der Waals surface area contributed by atoms with Gasteiger partial charge in [-0.3, -0.25) is 9.59 Å². The summed E-state index contributed by atoms with van der Waals surface area (Å²) < 4.78 is 5.00. The Balaban J connectivity index is 2.32. The van der Waals surface area contributed by atoms with Crippen LogP contribution in [0.2, 0.25) is 0 Å². The number of ether oxygens (including phenoxy) is 1. The van der Waals surface area contributed by atoms with Gasteiger partial charge < -0.3 is 20.9 Å². The maximum Gasteiger partial charge on any atom is 0.307 e. The Kier molecular flexibility index (Phi) is 6.56. The van der Waals surface area contributed by atoms with E-state index in [1.165, 1.54) is 0 Å². The van der Waals surface area contributed by atoms with Gasteiger partial charge in [-0.05, 0) is 11.1 Å². The highest BCUT2D eigenvalue weighted by atomic mass is 16.5. The molecule has 0 spiro atoms. The number of aliphatic carboxylic acids is 1. The van der Waals surface area contributed by atoms with Gasteiger partial charge in [0.1, 0.15) is 6.61 Å². The van der Waals surface area contributed by atoms with Crippen molar-refractivity contribution in [2.75, 3.05) is 19.8 Å². The van der Waals surface area contributed by atoms with Crippen molar-refractivity contribution < 1.29 is 19.4 Å². The number of hydrogen-bond acceptors (Lipinski definition) is 4. The number of amides is 1. The van der Waals surface area contributed by atoms with Crippen molar-refractivity contribution in [3.8, 4) is 0 Å². The topological polar surface area (TPSA) is 102 Å². The summed E-state index contributed by atoms with van der Waals surface area (Å²) in [5.41, 5.74) is 6.66. The third-order valence-corrected chi connectivity index (χ3v) is 2.44. The highest BCUT2D eigenvalue weighted by molar-refractivity contribution is 5.74. The Morgan fingerprint density at radius 1 is 1.26 bits per heavy atom. The zero-order valence-electron chi connectivity index (χ0n) is 10.6. The van der Waals surface area contributed by atoms with Crippen LogP contribution in [0.3, 0.4) is 0 Å². The summed E-state index contributed by atoms with van der Waals surface area (Å²) in [6, 6.07) is 7.37. The first kappa shape index (κ1) is 15.1. The molecule has 1 rings (SSSR count). The molecule has 0 unspecified atom stereocenters. The number of carboxylic acid groups (broad SMARTS) is 1. The molecular weight excluding hydrogens is 248 g/mol. The molecule has 104 valence electrons. The predicted octanol–water partition coefficient (Wildman–Crippen LogP) is -0.0948. The number of carbonyl (C=O) groups is 2. The van der Waals surface area contributed by atoms with E-state index in [1.54, 1.807) is 6.07 Å². The molecule has 0 saturated heterocycles. The number of benzene rings is 1. The van der Waals surface area contributed by atoms with Crippen LogP contribution in [0.4, 0.5) is 0 Å². The molecule has 0 radical (unpaired) electrons. The molecule has 0 aromatic heterocycles. The van der Waals surface area contributed by atoms with Gasteiger partial charge in [0, 0.05) is 13.1 Å². The summed E-state index contributed by atoms with van der Waals surface area (Å²) in [4.78, 5) is 21.1. The number of hydrogen-bond donors (Lipinski definition) is 3. The average Bonchev–Trinajstić information content (AvgIpc) is 2.34. The summed E-state index contributed by atoms with van der Waals surface area (Å²) in [7, 11) is 0. The fourth-order valence-electron chi connectivity index (χ4n) is 1.61. The number of carboxylic acids is 1. The molecule has 6 nitrogen and oxygen atoms in total. The van der Waals surface area contributed by atoms with Crippen LogP contribution in [0.25, 0.3) is 0 Å². The summed E-state index contributed by atoms with van der Waals surface area (Å²) in [6.07, 6.45) is 0.00995. The van der Waals surface area contributed by atoms with E-state index in [-0.39, 0.29) is 13.0 Å². The van der Waals surface area contributed by atoms with Crippen LogP contribution in [0.1, 0.15) is 11.1 Å². The Morgan fingerprint density at radius 2 is 1.95 bits per heavy atom. The van der Waals surface area contributed by atoms with Crippen molar-refractivity contribution in [3.63, 3.8) is 0 Å². The maximum absolute atomic E-state index is 10.7. The summed E-state index contributed by atoms with van der Waals surface area (Å²) in [5, 5.41) is 11.9. The summed E-state index contributed by atoms with van der Waals surface area (Å²) in [5.74, 6) is -1.34. The first-order chi connectivity index (χ1) is 9.09. The van der Waals surface area contributed by atoms with Gasteiger partial charge in [-0.1, -0.05) is 24.3 Å². The molecule has 0 aliphatic heterocycles. The molecule has 4 N–H and O–H groups in total. The van der Waals surface area contributed by atoms with Gasteiger partial charge in [-0.2, -0.15) is 0 Å². The second-order valence-electron chi connectivity index (χ2n) is 4.03. The molecule has 0 fully saturated rings. The molecule has 0 heterocycles. The van der Waals surface area contributed by atoms with E-state index in [2.05, 4.69) is 5.32 Å². The Hall–Kier alpha value is -1.92. The Labute approximate surface area is 111 Å². The monoisotopic (exact) mass is 266 g/mol. The highest BCUT2D eigenvalue weighted by Crippen LogP contribution is 2.09. The number of nitrogens with two attached hydrogens (primary N) is 1. The lowest BCUT2D eigenvalue weighted by Crippen LogP contribution is -2.24. The Bertz CT molecular complexity index is 434. The standard InChI is InChI=1S/C13H18N2O4/c14-12(16)9-19-6-5-15-8-11-4-2-1-3-10(11)7-13(17)18/h1-4,15H,5-9H2,(H2,14,16)(H,17,18). The van der Waals surface area contributed by atoms with E-state index in [0.29, 0.717) is 19.7 Å². The zero-order chi connectivity index (χ0) is 14.1. The fourth-order valence-corrected chi connectivity index (χ4v) is 1.61. The van der Waals surface area contributed by atoms with E-state index in [1.807, 2.05) is 18.2 Å². The molecule has 0 bridgehead atoms. The van der Waals surface area contributed by atoms with Crippen LogP contribution < -0.4 is 11.1 Å². The van der Waals surface area contributed by atoms with Gasteiger partial charge in [0.2, 0.25) is 5.91 Å². The normalized spacial score (nSPS) is 10.3. The molecular formula is C13H18N2O4. The summed E-state index contributed by atoms with van der Waals surface area (Å²) >= 11 is 0. The van der Waals surface area contributed by atoms with E-state index in [4.69, 9.17) is 15.6 Å². The van der Waals surface area contributed by atoms with Crippen molar-refractivity contribution >= 4 is 11.9 Å². The third kappa shape index (κ3) is 6.54. The van der Waals surface area contributed by atoms with Gasteiger partial charge in [0.15, 0.2) is 0 Å². The highest BCUT2D eigenvalue weighted by Gasteiger charge is 2.05. The molecule has 0 saturated carbocycles. The van der Waals surface area contributed by atoms with Crippen LogP contribution in [0.15, 0.2) is 24.3 Å². The van der Waals surface area contributed by atoms with Crippen LogP contribution >= 0.6 is 0 Å². The number of carbonyl (C=O) groups excluding carboxylic acids is 1. The number of primary amides is 1. The van der Waals surface area contributed by atoms with E-state index < -0.39 is 11.9 Å². The van der Waals surface area contributed by atoms with Crippen LogP contribution in [0.5, 0.6) is 0 Å². The minimum absolute atomic E-state index is 0.00995. The van der Waals surface area contributed by atoms with E-state index in [9.17, 15) is 9.59 Å². The van der Waals surface area contributed by atoms with Gasteiger partial charge in [0.05, 0.1) is 13.0 Å². The lowest BCUT2D eigenvalue weighted by Gasteiger charge is -2.09. The van der Waals surface area contributed by atoms with Crippen LogP contribution in [-0.4, -0.2) is 36.7 Å². The largest absolute Gasteiger partial charge is 0.481 e. The predicted molar refractivity (Wildman–Crippen MR) is 69.5 cm³/mol. The minimum Gasteiger partial charge on any atom is -0.481 e. The van der Waals surface area contributed by atoms with Crippen LogP contribution in [0, 0.1) is 0 Å². The number of nitrogens with one attached hydrogen (secondary N) is 1. The quantitative estimate of drug-likeness (QED) is 0.542. The van der Waals surface area contributed by atoms with Gasteiger partial charge in [0.25, 0.3) is 0 Å². The average molecular weight is 266 g/mol. The second-order valence-corrected chi connectivity index (χ2v) is 4.03. The first-order valence-corrected chi connectivity index (χ1v) is 5.95. The zero-order valence-corrected chi connectivity index (χ0v) is 10.6. The second kappa shape index (κ2) is 8.23. The lowest BCUT2D eigenvalue weighted by molar-refractivity contribution is -0.136. The lowest BCUT2D eigenvalue weighted by atomic mass is 10.0. The molecule has 0 atom stereocenters. The van der Waals surface area contributed by atoms with E-state index >= 15 is 0 Å². The molecule has 1 aromatic carbocycles. The van der Waals surface area contributed by atoms with Crippen molar-refractivity contribution in [2.24, 2.45) is 5.73 Å². The smallest absolute Gasteiger partial charge is 0.307 e. The van der Waals surface area contributed by atoms with Crippen molar-refractivity contribution in [1.82, 2.24) is 5.32 Å². The van der Waals surface area contributed by atoms with Gasteiger partial charge >= 0.3 is 5.97 Å². The van der Waals surface area contributed by atoms with Crippen LogP contribution in [-0.2, 0) is 27.3 Å². The fraction of sp³-hybridized carbons (Fsp3) is 0.385. The first-order valence-electron chi connectivity index (χ1n) is 5.95. The molecule has 19 heavy (non-hydrogen) atoms.